The lowest BCUT2D eigenvalue weighted by molar-refractivity contribution is 0.0526. The highest BCUT2D eigenvalue weighted by molar-refractivity contribution is 5.94. The van der Waals surface area contributed by atoms with Gasteiger partial charge in [-0.15, -0.1) is 0 Å². The Morgan fingerprint density at radius 1 is 0.975 bits per heavy atom. The number of amides is 2. The first-order chi connectivity index (χ1) is 19.1. The molecule has 0 aliphatic heterocycles. The van der Waals surface area contributed by atoms with Gasteiger partial charge in [-0.3, -0.25) is 9.36 Å². The van der Waals surface area contributed by atoms with Crippen LogP contribution in [0.2, 0.25) is 0 Å². The summed E-state index contributed by atoms with van der Waals surface area (Å²) in [5.74, 6) is -0.0153. The zero-order valence-corrected chi connectivity index (χ0v) is 23.8. The fourth-order valence-corrected chi connectivity index (χ4v) is 3.86. The van der Waals surface area contributed by atoms with E-state index in [1.807, 2.05) is 32.9 Å². The Morgan fingerprint density at radius 2 is 1.65 bits per heavy atom. The van der Waals surface area contributed by atoms with E-state index in [-0.39, 0.29) is 30.3 Å². The topological polar surface area (TPSA) is 167 Å². The number of nitrogens with zero attached hydrogens (tertiary/aromatic N) is 4. The number of aromatic nitrogens is 4. The number of hydrogen-bond donors (Lipinski definition) is 4. The first-order valence-electron chi connectivity index (χ1n) is 13.8. The number of fused-ring (bicyclic) bond motifs is 1. The summed E-state index contributed by atoms with van der Waals surface area (Å²) in [6, 6.07) is 7.04. The van der Waals surface area contributed by atoms with Gasteiger partial charge in [-0.25, -0.2) is 4.79 Å². The van der Waals surface area contributed by atoms with Crippen LogP contribution in [-0.2, 0) is 11.3 Å². The van der Waals surface area contributed by atoms with Gasteiger partial charge in [0.2, 0.25) is 0 Å². The molecule has 218 valence electrons. The van der Waals surface area contributed by atoms with Crippen molar-refractivity contribution in [2.24, 2.45) is 0 Å². The number of benzene rings is 1. The standard InChI is InChI=1S/C28H41N7O5/c1-5-6-17-39-25-33-22(29)21-23(34-25)35(26(37)32-21)18-19-11-13-20(14-12-19)24(36)30-15-9-7-8-10-16-31-27(38)40-28(2,3)4/h11-14H,5-10,15-18H2,1-4H3,(H,30,36)(H,31,38)(H,32,37)(H2,29,33,34). The smallest absolute Gasteiger partial charge is 0.407 e. The average Bonchev–Trinajstić information content (AvgIpc) is 3.20. The molecule has 0 unspecified atom stereocenters. The number of hydrogen-bond acceptors (Lipinski definition) is 9. The molecule has 0 fully saturated rings. The number of aromatic hydroxyl groups is 1. The molecule has 0 spiro atoms. The third-order valence-corrected chi connectivity index (χ3v) is 5.92. The monoisotopic (exact) mass is 555 g/mol. The largest absolute Gasteiger partial charge is 0.480 e. The summed E-state index contributed by atoms with van der Waals surface area (Å²) in [4.78, 5) is 36.8. The van der Waals surface area contributed by atoms with Crippen LogP contribution < -0.4 is 21.1 Å². The van der Waals surface area contributed by atoms with Crippen LogP contribution in [-0.4, -0.2) is 61.9 Å². The Kier molecular flexibility index (Phi) is 10.9. The second-order valence-electron chi connectivity index (χ2n) is 10.6. The van der Waals surface area contributed by atoms with Crippen molar-refractivity contribution in [2.45, 2.75) is 78.4 Å². The number of imidazole rings is 1. The predicted octanol–water partition coefficient (Wildman–Crippen LogP) is 4.16. The highest BCUT2D eigenvalue weighted by Crippen LogP contribution is 2.26. The number of rotatable bonds is 14. The van der Waals surface area contributed by atoms with Gasteiger partial charge in [-0.2, -0.15) is 15.0 Å². The van der Waals surface area contributed by atoms with Gasteiger partial charge in [0, 0.05) is 18.7 Å². The molecule has 12 heteroatoms. The van der Waals surface area contributed by atoms with Crippen LogP contribution in [0.15, 0.2) is 24.3 Å². The minimum Gasteiger partial charge on any atom is -0.480 e. The first kappa shape index (κ1) is 30.5. The maximum absolute atomic E-state index is 12.5. The van der Waals surface area contributed by atoms with Crippen LogP contribution in [0.1, 0.15) is 82.1 Å². The number of carbonyl (C=O) groups excluding carboxylic acids is 2. The van der Waals surface area contributed by atoms with Gasteiger partial charge < -0.3 is 30.9 Å². The zero-order chi connectivity index (χ0) is 29.1. The molecular weight excluding hydrogens is 514 g/mol. The van der Waals surface area contributed by atoms with Crippen molar-refractivity contribution in [3.05, 3.63) is 35.4 Å². The minimum atomic E-state index is -0.501. The van der Waals surface area contributed by atoms with Gasteiger partial charge in [0.05, 0.1) is 13.2 Å². The molecule has 3 aromatic rings. The molecule has 0 radical (unpaired) electrons. The Morgan fingerprint density at radius 3 is 2.30 bits per heavy atom. The van der Waals surface area contributed by atoms with Gasteiger partial charge in [0.15, 0.2) is 17.0 Å². The fraction of sp³-hybridized carbons (Fsp3) is 0.536. The molecule has 2 heterocycles. The van der Waals surface area contributed by atoms with E-state index in [2.05, 4.69) is 32.5 Å². The second-order valence-corrected chi connectivity index (χ2v) is 10.6. The molecule has 1 aromatic carbocycles. The van der Waals surface area contributed by atoms with Gasteiger partial charge in [0.25, 0.3) is 11.9 Å². The van der Waals surface area contributed by atoms with Crippen molar-refractivity contribution in [1.29, 1.82) is 0 Å². The van der Waals surface area contributed by atoms with E-state index in [0.29, 0.717) is 36.4 Å². The minimum absolute atomic E-state index is 0.134. The van der Waals surface area contributed by atoms with E-state index in [0.717, 1.165) is 44.1 Å². The lowest BCUT2D eigenvalue weighted by Crippen LogP contribution is -2.33. The molecule has 5 N–H and O–H groups in total. The summed E-state index contributed by atoms with van der Waals surface area (Å²) in [6.45, 7) is 9.43. The number of nitrogens with two attached hydrogens (primary N) is 1. The quantitative estimate of drug-likeness (QED) is 0.214. The van der Waals surface area contributed by atoms with Crippen molar-refractivity contribution in [1.82, 2.24) is 30.2 Å². The summed E-state index contributed by atoms with van der Waals surface area (Å²) in [5.41, 5.74) is 7.58. The number of anilines is 1. The number of alkyl carbamates (subject to hydrolysis) is 1. The zero-order valence-electron chi connectivity index (χ0n) is 23.8. The number of carbonyl (C=O) groups is 2. The van der Waals surface area contributed by atoms with Gasteiger partial charge in [-0.1, -0.05) is 38.3 Å². The predicted molar refractivity (Wildman–Crippen MR) is 152 cm³/mol. The maximum Gasteiger partial charge on any atom is 0.407 e. The van der Waals surface area contributed by atoms with Gasteiger partial charge >= 0.3 is 12.1 Å². The Balaban J connectivity index is 1.44. The highest BCUT2D eigenvalue weighted by Gasteiger charge is 2.18. The fourth-order valence-electron chi connectivity index (χ4n) is 3.86. The molecule has 0 saturated carbocycles. The molecule has 0 bridgehead atoms. The number of ether oxygens (including phenoxy) is 2. The number of nitrogens with one attached hydrogen (secondary N) is 2. The van der Waals surface area contributed by atoms with Crippen molar-refractivity contribution in [2.75, 3.05) is 25.4 Å². The first-order valence-corrected chi connectivity index (χ1v) is 13.8. The normalized spacial score (nSPS) is 11.4. The van der Waals surface area contributed by atoms with E-state index < -0.39 is 11.7 Å². The van der Waals surface area contributed by atoms with E-state index in [4.69, 9.17) is 15.2 Å². The molecule has 40 heavy (non-hydrogen) atoms. The molecule has 0 atom stereocenters. The lowest BCUT2D eigenvalue weighted by atomic mass is 10.1. The van der Waals surface area contributed by atoms with Gasteiger partial charge in [0.1, 0.15) is 5.60 Å². The molecule has 3 rings (SSSR count). The third-order valence-electron chi connectivity index (χ3n) is 5.92. The summed E-state index contributed by atoms with van der Waals surface area (Å²) >= 11 is 0. The highest BCUT2D eigenvalue weighted by atomic mass is 16.6. The second kappa shape index (κ2) is 14.3. The lowest BCUT2D eigenvalue weighted by Gasteiger charge is -2.19. The Labute approximate surface area is 234 Å². The summed E-state index contributed by atoms with van der Waals surface area (Å²) < 4.78 is 12.3. The maximum atomic E-state index is 12.5. The van der Waals surface area contributed by atoms with Crippen molar-refractivity contribution < 1.29 is 24.2 Å². The molecule has 0 aliphatic carbocycles. The van der Waals surface area contributed by atoms with E-state index in [9.17, 15) is 14.7 Å². The molecular formula is C28H41N7O5. The van der Waals surface area contributed by atoms with Crippen LogP contribution in [0.4, 0.5) is 10.6 Å². The van der Waals surface area contributed by atoms with Crippen LogP contribution >= 0.6 is 0 Å². The SMILES string of the molecule is CCCCOc1nc(N)c2nc(O)n(Cc3ccc(C(=O)NCCCCCCNC(=O)OC(C)(C)C)cc3)c2n1. The van der Waals surface area contributed by atoms with Crippen molar-refractivity contribution in [3.8, 4) is 12.0 Å². The van der Waals surface area contributed by atoms with Crippen molar-refractivity contribution in [3.63, 3.8) is 0 Å². The summed E-state index contributed by atoms with van der Waals surface area (Å²) in [7, 11) is 0. The molecule has 2 amide bonds. The number of nitrogen functional groups attached to an aromatic ring is 1. The van der Waals surface area contributed by atoms with Crippen LogP contribution in [0.25, 0.3) is 11.2 Å². The van der Waals surface area contributed by atoms with Crippen LogP contribution in [0, 0.1) is 0 Å². The van der Waals surface area contributed by atoms with Crippen LogP contribution in [0.5, 0.6) is 12.0 Å². The Bertz CT molecular complexity index is 1270. The molecule has 0 saturated heterocycles. The van der Waals surface area contributed by atoms with Crippen LogP contribution in [0.3, 0.4) is 0 Å². The summed E-state index contributed by atoms with van der Waals surface area (Å²) in [5, 5.41) is 16.1. The van der Waals surface area contributed by atoms with Gasteiger partial charge in [-0.05, 0) is 57.7 Å². The Hall–Kier alpha value is -4.09. The summed E-state index contributed by atoms with van der Waals surface area (Å²) in [6.07, 6.45) is 5.01. The van der Waals surface area contributed by atoms with Crippen molar-refractivity contribution >= 4 is 29.0 Å². The van der Waals surface area contributed by atoms with E-state index in [1.54, 1.807) is 12.1 Å². The number of unbranched alkanes of at least 4 members (excludes halogenated alkanes) is 4. The average molecular weight is 556 g/mol. The molecule has 0 aliphatic rings. The molecule has 2 aromatic heterocycles. The third kappa shape index (κ3) is 9.28. The van der Waals surface area contributed by atoms with E-state index >= 15 is 0 Å². The van der Waals surface area contributed by atoms with E-state index in [1.165, 1.54) is 4.57 Å². The molecule has 12 nitrogen and oxygen atoms in total.